The first-order valence-corrected chi connectivity index (χ1v) is 15.8. The minimum Gasteiger partial charge on any atom is -0.489 e. The molecule has 0 saturated heterocycles. The smallest absolute Gasteiger partial charge is 0.244 e. The number of hydrogen-bond acceptors (Lipinski definition) is 5. The Labute approximate surface area is 244 Å². The summed E-state index contributed by atoms with van der Waals surface area (Å²) < 4.78 is 32.7. The molecule has 0 aliphatic rings. The van der Waals surface area contributed by atoms with E-state index in [9.17, 15) is 18.0 Å². The number of nitrogens with one attached hydrogen (secondary N) is 1. The molecule has 0 fully saturated rings. The lowest BCUT2D eigenvalue weighted by Gasteiger charge is -2.33. The molecule has 0 radical (unpaired) electrons. The van der Waals surface area contributed by atoms with Crippen LogP contribution in [-0.2, 0) is 32.8 Å². The fraction of sp³-hybridized carbons (Fsp3) is 0.375. The third kappa shape index (κ3) is 9.35. The molecule has 3 aromatic rings. The monoisotopic (exact) mass is 579 g/mol. The zero-order valence-corrected chi connectivity index (χ0v) is 25.4. The summed E-state index contributed by atoms with van der Waals surface area (Å²) >= 11 is 0. The zero-order chi connectivity index (χ0) is 30.0. The number of anilines is 1. The summed E-state index contributed by atoms with van der Waals surface area (Å²) in [6.45, 7) is 7.80. The first-order valence-electron chi connectivity index (χ1n) is 13.9. The van der Waals surface area contributed by atoms with Crippen molar-refractivity contribution in [1.29, 1.82) is 0 Å². The molecule has 8 nitrogen and oxygen atoms in total. The van der Waals surface area contributed by atoms with Crippen LogP contribution in [0.5, 0.6) is 5.75 Å². The molecule has 1 N–H and O–H groups in total. The molecule has 3 aromatic carbocycles. The summed E-state index contributed by atoms with van der Waals surface area (Å²) in [5.41, 5.74) is 3.23. The van der Waals surface area contributed by atoms with Crippen LogP contribution in [0, 0.1) is 6.92 Å². The molecule has 9 heteroatoms. The molecule has 41 heavy (non-hydrogen) atoms. The number of benzene rings is 3. The Morgan fingerprint density at radius 2 is 1.56 bits per heavy atom. The van der Waals surface area contributed by atoms with Crippen molar-refractivity contribution < 1.29 is 22.7 Å². The summed E-state index contributed by atoms with van der Waals surface area (Å²) in [4.78, 5) is 28.6. The molecule has 0 aliphatic carbocycles. The van der Waals surface area contributed by atoms with Gasteiger partial charge in [-0.1, -0.05) is 74.0 Å². The molecule has 220 valence electrons. The molecule has 0 bridgehead atoms. The van der Waals surface area contributed by atoms with Gasteiger partial charge in [0.2, 0.25) is 21.8 Å². The Morgan fingerprint density at radius 1 is 0.902 bits per heavy atom. The highest BCUT2D eigenvalue weighted by Crippen LogP contribution is 2.23. The zero-order valence-electron chi connectivity index (χ0n) is 24.5. The summed E-state index contributed by atoms with van der Waals surface area (Å²) in [6.07, 6.45) is 2.20. The lowest BCUT2D eigenvalue weighted by molar-refractivity contribution is -0.140. The molecule has 0 heterocycles. The SMILES string of the molecule is CC[C@@H](C)NC(=O)[C@H](CC)N(Cc1cccc(C)c1)C(=O)CN(c1ccc(OCc2ccccc2)cc1)S(C)(=O)=O. The fourth-order valence-electron chi connectivity index (χ4n) is 4.43. The van der Waals surface area contributed by atoms with Crippen LogP contribution in [0.15, 0.2) is 78.9 Å². The molecular weight excluding hydrogens is 538 g/mol. The molecule has 2 amide bonds. The maximum absolute atomic E-state index is 13.9. The van der Waals surface area contributed by atoms with Crippen molar-refractivity contribution in [3.05, 3.63) is 95.6 Å². The van der Waals surface area contributed by atoms with Gasteiger partial charge in [0.25, 0.3) is 0 Å². The Bertz CT molecular complexity index is 1390. The average molecular weight is 580 g/mol. The molecule has 3 rings (SSSR count). The van der Waals surface area contributed by atoms with Crippen molar-refractivity contribution in [1.82, 2.24) is 10.2 Å². The third-order valence-electron chi connectivity index (χ3n) is 6.87. The second kappa shape index (κ2) is 14.7. The van der Waals surface area contributed by atoms with Gasteiger partial charge >= 0.3 is 0 Å². The number of hydrogen-bond donors (Lipinski definition) is 1. The van der Waals surface area contributed by atoms with E-state index < -0.39 is 28.5 Å². The van der Waals surface area contributed by atoms with Gasteiger partial charge in [-0.15, -0.1) is 0 Å². The van der Waals surface area contributed by atoms with Crippen LogP contribution < -0.4 is 14.4 Å². The highest BCUT2D eigenvalue weighted by molar-refractivity contribution is 7.92. The van der Waals surface area contributed by atoms with Gasteiger partial charge in [0, 0.05) is 12.6 Å². The highest BCUT2D eigenvalue weighted by atomic mass is 32.2. The van der Waals surface area contributed by atoms with E-state index in [0.29, 0.717) is 24.5 Å². The van der Waals surface area contributed by atoms with Crippen molar-refractivity contribution in [2.75, 3.05) is 17.1 Å². The van der Waals surface area contributed by atoms with Gasteiger partial charge < -0.3 is 15.0 Å². The molecule has 0 aromatic heterocycles. The van der Waals surface area contributed by atoms with Crippen molar-refractivity contribution in [2.45, 2.75) is 65.8 Å². The van der Waals surface area contributed by atoms with E-state index in [1.807, 2.05) is 82.3 Å². The van der Waals surface area contributed by atoms with Crippen molar-refractivity contribution >= 4 is 27.5 Å². The first-order chi connectivity index (χ1) is 19.5. The Balaban J connectivity index is 1.86. The topological polar surface area (TPSA) is 96.0 Å². The number of nitrogens with zero attached hydrogens (tertiary/aromatic N) is 2. The van der Waals surface area contributed by atoms with E-state index in [0.717, 1.165) is 33.7 Å². The quantitative estimate of drug-likeness (QED) is 0.288. The predicted molar refractivity (Wildman–Crippen MR) is 163 cm³/mol. The van der Waals surface area contributed by atoms with Gasteiger partial charge in [-0.25, -0.2) is 8.42 Å². The Kier molecular flexibility index (Phi) is 11.3. The van der Waals surface area contributed by atoms with E-state index in [1.54, 1.807) is 24.3 Å². The van der Waals surface area contributed by atoms with Gasteiger partial charge in [-0.3, -0.25) is 13.9 Å². The summed E-state index contributed by atoms with van der Waals surface area (Å²) in [5, 5.41) is 2.98. The van der Waals surface area contributed by atoms with Crippen LogP contribution in [0.25, 0.3) is 0 Å². The van der Waals surface area contributed by atoms with Crippen LogP contribution in [0.1, 0.15) is 50.3 Å². The fourth-order valence-corrected chi connectivity index (χ4v) is 5.28. The molecular formula is C32H41N3O5S. The minimum absolute atomic E-state index is 0.0531. The minimum atomic E-state index is -3.83. The van der Waals surface area contributed by atoms with Crippen LogP contribution in [-0.4, -0.2) is 50.0 Å². The summed E-state index contributed by atoms with van der Waals surface area (Å²) in [6, 6.07) is 23.2. The molecule has 0 saturated carbocycles. The maximum Gasteiger partial charge on any atom is 0.244 e. The largest absolute Gasteiger partial charge is 0.489 e. The number of ether oxygens (including phenoxy) is 1. The number of rotatable bonds is 14. The second-order valence-corrected chi connectivity index (χ2v) is 12.2. The summed E-state index contributed by atoms with van der Waals surface area (Å²) in [7, 11) is -3.83. The van der Waals surface area contributed by atoms with E-state index in [1.165, 1.54) is 4.90 Å². The van der Waals surface area contributed by atoms with Gasteiger partial charge in [-0.05, 0) is 62.1 Å². The van der Waals surface area contributed by atoms with Crippen LogP contribution in [0.3, 0.4) is 0 Å². The van der Waals surface area contributed by atoms with Crippen LogP contribution in [0.4, 0.5) is 5.69 Å². The highest BCUT2D eigenvalue weighted by Gasteiger charge is 2.32. The number of aryl methyl sites for hydroxylation is 1. The van der Waals surface area contributed by atoms with Crippen molar-refractivity contribution in [3.8, 4) is 5.75 Å². The number of carbonyl (C=O) groups is 2. The standard InChI is InChI=1S/C32H41N3O5S/c1-6-25(4)33-32(37)30(7-2)34(21-27-15-11-12-24(3)20-27)31(36)22-35(41(5,38)39)28-16-18-29(19-17-28)40-23-26-13-9-8-10-14-26/h8-20,25,30H,6-7,21-23H2,1-5H3,(H,33,37)/t25-,30+/m1/s1. The number of sulfonamides is 1. The van der Waals surface area contributed by atoms with Gasteiger partial charge in [0.15, 0.2) is 0 Å². The molecule has 0 unspecified atom stereocenters. The predicted octanol–water partition coefficient (Wildman–Crippen LogP) is 5.06. The van der Waals surface area contributed by atoms with E-state index in [2.05, 4.69) is 5.32 Å². The summed E-state index contributed by atoms with van der Waals surface area (Å²) in [5.74, 6) is -0.146. The third-order valence-corrected chi connectivity index (χ3v) is 8.02. The average Bonchev–Trinajstić information content (AvgIpc) is 2.94. The van der Waals surface area contributed by atoms with Crippen molar-refractivity contribution in [3.63, 3.8) is 0 Å². The maximum atomic E-state index is 13.9. The van der Waals surface area contributed by atoms with Crippen molar-refractivity contribution in [2.24, 2.45) is 0 Å². The van der Waals surface area contributed by atoms with E-state index in [4.69, 9.17) is 4.74 Å². The number of carbonyl (C=O) groups excluding carboxylic acids is 2. The second-order valence-electron chi connectivity index (χ2n) is 10.3. The lowest BCUT2D eigenvalue weighted by Crippen LogP contribution is -2.53. The number of amides is 2. The Morgan fingerprint density at radius 3 is 2.15 bits per heavy atom. The molecule has 2 atom stereocenters. The lowest BCUT2D eigenvalue weighted by atomic mass is 10.1. The van der Waals surface area contributed by atoms with Crippen LogP contribution >= 0.6 is 0 Å². The Hall–Kier alpha value is -3.85. The van der Waals surface area contributed by atoms with E-state index in [-0.39, 0.29) is 18.5 Å². The van der Waals surface area contributed by atoms with Crippen LogP contribution in [0.2, 0.25) is 0 Å². The normalized spacial score (nSPS) is 12.7. The van der Waals surface area contributed by atoms with Gasteiger partial charge in [-0.2, -0.15) is 0 Å². The molecule has 0 spiro atoms. The van der Waals surface area contributed by atoms with E-state index >= 15 is 0 Å². The first kappa shape index (κ1) is 31.7. The van der Waals surface area contributed by atoms with Gasteiger partial charge in [0.05, 0.1) is 11.9 Å². The molecule has 0 aliphatic heterocycles. The van der Waals surface area contributed by atoms with Gasteiger partial charge in [0.1, 0.15) is 24.9 Å².